The highest BCUT2D eigenvalue weighted by Crippen LogP contribution is 2.27. The average Bonchev–Trinajstić information content (AvgIpc) is 2.81. The van der Waals surface area contributed by atoms with Crippen LogP contribution < -0.4 is 10.5 Å². The zero-order chi connectivity index (χ0) is 14.2. The summed E-state index contributed by atoms with van der Waals surface area (Å²) in [4.78, 5) is 0.0955. The topological polar surface area (TPSA) is 103 Å². The second-order valence-electron chi connectivity index (χ2n) is 4.21. The van der Waals surface area contributed by atoms with Crippen LogP contribution >= 0.6 is 0 Å². The van der Waals surface area contributed by atoms with E-state index in [0.29, 0.717) is 17.1 Å². The molecule has 0 atom stereocenters. The number of nitrogens with two attached hydrogens (primary N) is 1. The van der Waals surface area contributed by atoms with Gasteiger partial charge in [0.2, 0.25) is 0 Å². The van der Waals surface area contributed by atoms with E-state index in [1.54, 1.807) is 33.2 Å². The average molecular weight is 284 g/mol. The fourth-order valence-corrected chi connectivity index (χ4v) is 3.41. The fraction of sp³-hybridized carbons (Fsp3) is 0.364. The SMILES string of the molecule is Cc1oc(C)c(S(=O)(=O)Nc2ccn(C)n2)c1CN. The first-order valence-corrected chi connectivity index (χ1v) is 7.15. The first-order chi connectivity index (χ1) is 8.85. The van der Waals surface area contributed by atoms with E-state index < -0.39 is 10.0 Å². The van der Waals surface area contributed by atoms with Gasteiger partial charge in [-0.25, -0.2) is 8.42 Å². The molecule has 0 spiro atoms. The first-order valence-electron chi connectivity index (χ1n) is 5.66. The minimum absolute atomic E-state index is 0.0955. The number of aryl methyl sites for hydroxylation is 3. The van der Waals surface area contributed by atoms with E-state index in [1.807, 2.05) is 0 Å². The lowest BCUT2D eigenvalue weighted by molar-refractivity contribution is 0.494. The number of sulfonamides is 1. The highest BCUT2D eigenvalue weighted by atomic mass is 32.2. The summed E-state index contributed by atoms with van der Waals surface area (Å²) in [6, 6.07) is 1.57. The van der Waals surface area contributed by atoms with Crippen molar-refractivity contribution in [1.82, 2.24) is 9.78 Å². The van der Waals surface area contributed by atoms with E-state index in [-0.39, 0.29) is 17.3 Å². The van der Waals surface area contributed by atoms with E-state index in [0.717, 1.165) is 0 Å². The molecular formula is C11H16N4O3S. The second-order valence-corrected chi connectivity index (χ2v) is 5.83. The Balaban J connectivity index is 2.45. The van der Waals surface area contributed by atoms with Gasteiger partial charge >= 0.3 is 0 Å². The molecule has 0 saturated carbocycles. The third-order valence-corrected chi connectivity index (χ3v) is 4.30. The van der Waals surface area contributed by atoms with Crippen molar-refractivity contribution in [2.24, 2.45) is 12.8 Å². The Morgan fingerprint density at radius 2 is 2.11 bits per heavy atom. The Labute approximate surface area is 111 Å². The summed E-state index contributed by atoms with van der Waals surface area (Å²) < 4.78 is 34.0. The summed E-state index contributed by atoms with van der Waals surface area (Å²) in [5.41, 5.74) is 6.07. The van der Waals surface area contributed by atoms with Gasteiger partial charge in [0.25, 0.3) is 10.0 Å². The van der Waals surface area contributed by atoms with Gasteiger partial charge in [-0.1, -0.05) is 0 Å². The molecule has 3 N–H and O–H groups in total. The van der Waals surface area contributed by atoms with E-state index in [2.05, 4.69) is 9.82 Å². The molecule has 2 rings (SSSR count). The van der Waals surface area contributed by atoms with Crippen molar-refractivity contribution in [2.45, 2.75) is 25.3 Å². The zero-order valence-electron chi connectivity index (χ0n) is 11.0. The van der Waals surface area contributed by atoms with Gasteiger partial charge in [-0.15, -0.1) is 0 Å². The molecule has 19 heavy (non-hydrogen) atoms. The molecule has 8 heteroatoms. The smallest absolute Gasteiger partial charge is 0.266 e. The lowest BCUT2D eigenvalue weighted by Gasteiger charge is -2.06. The maximum Gasteiger partial charge on any atom is 0.266 e. The summed E-state index contributed by atoms with van der Waals surface area (Å²) in [5, 5.41) is 3.98. The van der Waals surface area contributed by atoms with Gasteiger partial charge in [-0.2, -0.15) is 5.10 Å². The van der Waals surface area contributed by atoms with Gasteiger partial charge in [-0.05, 0) is 13.8 Å². The summed E-state index contributed by atoms with van der Waals surface area (Å²) in [6.45, 7) is 3.38. The molecule has 0 bridgehead atoms. The minimum atomic E-state index is -3.75. The van der Waals surface area contributed by atoms with Crippen molar-refractivity contribution in [3.63, 3.8) is 0 Å². The van der Waals surface area contributed by atoms with Crippen LogP contribution in [-0.2, 0) is 23.6 Å². The predicted molar refractivity (Wildman–Crippen MR) is 70.1 cm³/mol. The van der Waals surface area contributed by atoms with E-state index in [1.165, 1.54) is 4.68 Å². The second kappa shape index (κ2) is 4.71. The number of furan rings is 1. The van der Waals surface area contributed by atoms with Crippen LogP contribution in [0.4, 0.5) is 5.82 Å². The third-order valence-electron chi connectivity index (χ3n) is 2.75. The van der Waals surface area contributed by atoms with Crippen LogP contribution in [0, 0.1) is 13.8 Å². The van der Waals surface area contributed by atoms with Crippen molar-refractivity contribution in [3.05, 3.63) is 29.3 Å². The molecular weight excluding hydrogens is 268 g/mol. The summed E-state index contributed by atoms with van der Waals surface area (Å²) >= 11 is 0. The highest BCUT2D eigenvalue weighted by Gasteiger charge is 2.26. The Bertz CT molecular complexity index is 700. The molecule has 0 aliphatic heterocycles. The maximum absolute atomic E-state index is 12.3. The Kier molecular flexibility index (Phi) is 3.38. The van der Waals surface area contributed by atoms with Crippen LogP contribution in [0.2, 0.25) is 0 Å². The molecule has 2 aromatic heterocycles. The Morgan fingerprint density at radius 1 is 1.42 bits per heavy atom. The predicted octanol–water partition coefficient (Wildman–Crippen LogP) is 0.889. The summed E-state index contributed by atoms with van der Waals surface area (Å²) in [7, 11) is -2.05. The number of anilines is 1. The van der Waals surface area contributed by atoms with Gasteiger partial charge in [-0.3, -0.25) is 9.40 Å². The lowest BCUT2D eigenvalue weighted by Crippen LogP contribution is -2.16. The normalized spacial score (nSPS) is 11.8. The molecule has 0 radical (unpaired) electrons. The van der Waals surface area contributed by atoms with Gasteiger partial charge in [0, 0.05) is 31.4 Å². The van der Waals surface area contributed by atoms with Gasteiger partial charge in [0.05, 0.1) is 0 Å². The number of nitrogens with zero attached hydrogens (tertiary/aromatic N) is 2. The Morgan fingerprint density at radius 3 is 2.63 bits per heavy atom. The quantitative estimate of drug-likeness (QED) is 0.867. The van der Waals surface area contributed by atoms with Crippen LogP contribution in [0.5, 0.6) is 0 Å². The molecule has 0 fully saturated rings. The summed E-state index contributed by atoms with van der Waals surface area (Å²) in [5.74, 6) is 1.09. The number of aromatic nitrogens is 2. The van der Waals surface area contributed by atoms with Crippen molar-refractivity contribution in [2.75, 3.05) is 4.72 Å². The lowest BCUT2D eigenvalue weighted by atomic mass is 10.2. The van der Waals surface area contributed by atoms with Crippen molar-refractivity contribution in [3.8, 4) is 0 Å². The van der Waals surface area contributed by atoms with E-state index in [4.69, 9.17) is 10.2 Å². The largest absolute Gasteiger partial charge is 0.465 e. The number of nitrogens with one attached hydrogen (secondary N) is 1. The fourth-order valence-electron chi connectivity index (χ4n) is 1.96. The summed E-state index contributed by atoms with van der Waals surface area (Å²) in [6.07, 6.45) is 1.65. The molecule has 2 aromatic rings. The van der Waals surface area contributed by atoms with Crippen molar-refractivity contribution >= 4 is 15.8 Å². The molecule has 0 aliphatic carbocycles. The molecule has 0 amide bonds. The van der Waals surface area contributed by atoms with Crippen LogP contribution in [0.3, 0.4) is 0 Å². The monoisotopic (exact) mass is 284 g/mol. The third kappa shape index (κ3) is 2.49. The number of rotatable bonds is 4. The number of hydrogen-bond acceptors (Lipinski definition) is 5. The zero-order valence-corrected chi connectivity index (χ0v) is 11.8. The van der Waals surface area contributed by atoms with Crippen LogP contribution in [0.1, 0.15) is 17.1 Å². The van der Waals surface area contributed by atoms with Crippen LogP contribution in [0.25, 0.3) is 0 Å². The van der Waals surface area contributed by atoms with Crippen molar-refractivity contribution in [1.29, 1.82) is 0 Å². The number of hydrogen-bond donors (Lipinski definition) is 2. The van der Waals surface area contributed by atoms with Gasteiger partial charge in [0.1, 0.15) is 16.4 Å². The molecule has 0 aromatic carbocycles. The minimum Gasteiger partial charge on any atom is -0.465 e. The molecule has 0 saturated heterocycles. The van der Waals surface area contributed by atoms with Crippen molar-refractivity contribution < 1.29 is 12.8 Å². The Hall–Kier alpha value is -1.80. The van der Waals surface area contributed by atoms with Gasteiger partial charge < -0.3 is 10.2 Å². The van der Waals surface area contributed by atoms with Crippen LogP contribution in [-0.4, -0.2) is 18.2 Å². The maximum atomic E-state index is 12.3. The first kappa shape index (κ1) is 13.6. The standard InChI is InChI=1S/C11H16N4O3S/c1-7-9(6-12)11(8(2)18-7)19(16,17)14-10-4-5-15(3)13-10/h4-5H,6,12H2,1-3H3,(H,13,14). The molecule has 2 heterocycles. The van der Waals surface area contributed by atoms with E-state index >= 15 is 0 Å². The highest BCUT2D eigenvalue weighted by molar-refractivity contribution is 7.92. The van der Waals surface area contributed by atoms with E-state index in [9.17, 15) is 8.42 Å². The molecule has 0 unspecified atom stereocenters. The molecule has 0 aliphatic rings. The van der Waals surface area contributed by atoms with Crippen LogP contribution in [0.15, 0.2) is 21.6 Å². The molecule has 7 nitrogen and oxygen atoms in total. The molecule has 104 valence electrons. The van der Waals surface area contributed by atoms with Gasteiger partial charge in [0.15, 0.2) is 5.82 Å².